The summed E-state index contributed by atoms with van der Waals surface area (Å²) in [6.45, 7) is 4.23. The van der Waals surface area contributed by atoms with Crippen molar-refractivity contribution in [2.45, 2.75) is 360 Å². The lowest BCUT2D eigenvalue weighted by Crippen LogP contribution is -2.48. The average molecular weight is 919 g/mol. The highest BCUT2D eigenvalue weighted by atomic mass is 16.3. The van der Waals surface area contributed by atoms with E-state index < -0.39 is 24.2 Å². The van der Waals surface area contributed by atoms with Gasteiger partial charge in [-0.15, -0.1) is 0 Å². The molecule has 0 spiro atoms. The molecule has 0 aliphatic heterocycles. The van der Waals surface area contributed by atoms with Crippen molar-refractivity contribution in [1.29, 1.82) is 0 Å². The van der Waals surface area contributed by atoms with Gasteiger partial charge in [0.15, 0.2) is 0 Å². The van der Waals surface area contributed by atoms with Crippen molar-refractivity contribution in [2.24, 2.45) is 0 Å². The number of amides is 1. The lowest BCUT2D eigenvalue weighted by atomic mass is 10.0. The maximum atomic E-state index is 12.6. The van der Waals surface area contributed by atoms with Crippen molar-refractivity contribution in [2.75, 3.05) is 6.61 Å². The standard InChI is InChI=1S/C60H119NO4/c1-3-5-7-9-11-13-15-17-19-21-23-25-26-27-28-29-30-31-32-33-35-37-39-41-43-45-47-49-51-53-55-59(64)60(65)61-57(56-62)58(63)54-52-50-48-46-44-42-40-38-36-34-24-22-20-18-16-14-12-10-8-6-4-2/h52,54,57-59,62-64H,3-51,53,55-56H2,1-2H3,(H,61,65)/b54-52+. The molecule has 0 fully saturated rings. The molecule has 0 bridgehead atoms. The molecule has 4 N–H and O–H groups in total. The number of hydrogen-bond acceptors (Lipinski definition) is 4. The Kier molecular flexibility index (Phi) is 54.9. The second-order valence-corrected chi connectivity index (χ2v) is 20.9. The summed E-state index contributed by atoms with van der Waals surface area (Å²) in [4.78, 5) is 12.6. The lowest BCUT2D eigenvalue weighted by Gasteiger charge is -2.21. The molecule has 3 unspecified atom stereocenters. The molecule has 5 heteroatoms. The van der Waals surface area contributed by atoms with Crippen molar-refractivity contribution >= 4 is 5.91 Å². The Morgan fingerprint density at radius 2 is 0.600 bits per heavy atom. The van der Waals surface area contributed by atoms with E-state index in [0.717, 1.165) is 32.1 Å². The minimum atomic E-state index is -1.09. The molecule has 1 amide bonds. The average Bonchev–Trinajstić information content (AvgIpc) is 3.31. The van der Waals surface area contributed by atoms with Gasteiger partial charge in [0.1, 0.15) is 6.10 Å². The van der Waals surface area contributed by atoms with E-state index in [-0.39, 0.29) is 6.61 Å². The molecule has 0 aromatic rings. The van der Waals surface area contributed by atoms with Crippen LogP contribution >= 0.6 is 0 Å². The van der Waals surface area contributed by atoms with Crippen LogP contribution in [0, 0.1) is 0 Å². The summed E-state index contributed by atoms with van der Waals surface area (Å²) >= 11 is 0. The van der Waals surface area contributed by atoms with Gasteiger partial charge in [-0.1, -0.05) is 334 Å². The first-order valence-electron chi connectivity index (χ1n) is 30.0. The number of hydrogen-bond donors (Lipinski definition) is 4. The van der Waals surface area contributed by atoms with E-state index in [1.165, 1.54) is 289 Å². The van der Waals surface area contributed by atoms with E-state index >= 15 is 0 Å². The van der Waals surface area contributed by atoms with Crippen LogP contribution in [0.1, 0.15) is 341 Å². The number of nitrogens with one attached hydrogen (secondary N) is 1. The Hall–Kier alpha value is -0.910. The summed E-state index contributed by atoms with van der Waals surface area (Å²) < 4.78 is 0. The third-order valence-electron chi connectivity index (χ3n) is 14.4. The topological polar surface area (TPSA) is 89.8 Å². The molecule has 0 aromatic heterocycles. The molecule has 0 heterocycles. The first-order chi connectivity index (χ1) is 32.1. The Balaban J connectivity index is 3.50. The van der Waals surface area contributed by atoms with E-state index in [1.807, 2.05) is 6.08 Å². The summed E-state index contributed by atoms with van der Waals surface area (Å²) in [6.07, 6.45) is 70.2. The zero-order valence-electron chi connectivity index (χ0n) is 44.4. The van der Waals surface area contributed by atoms with Crippen LogP contribution in [0.15, 0.2) is 12.2 Å². The molecule has 0 saturated heterocycles. The van der Waals surface area contributed by atoms with Crippen LogP contribution in [0.5, 0.6) is 0 Å². The number of aliphatic hydroxyl groups excluding tert-OH is 3. The van der Waals surface area contributed by atoms with Gasteiger partial charge in [-0.3, -0.25) is 4.79 Å². The van der Waals surface area contributed by atoms with Gasteiger partial charge < -0.3 is 20.6 Å². The van der Waals surface area contributed by atoms with Crippen LogP contribution in [-0.4, -0.2) is 46.1 Å². The van der Waals surface area contributed by atoms with Gasteiger partial charge in [0.2, 0.25) is 5.91 Å². The molecule has 0 aliphatic rings. The first-order valence-corrected chi connectivity index (χ1v) is 30.0. The second kappa shape index (κ2) is 55.7. The molecule has 0 aliphatic carbocycles. The van der Waals surface area contributed by atoms with Crippen LogP contribution < -0.4 is 5.32 Å². The molecule has 0 radical (unpaired) electrons. The molecule has 3 atom stereocenters. The normalized spacial score (nSPS) is 13.2. The molecular formula is C60H119NO4. The fraction of sp³-hybridized carbons (Fsp3) is 0.950. The van der Waals surface area contributed by atoms with Crippen LogP contribution in [0.25, 0.3) is 0 Å². The van der Waals surface area contributed by atoms with Gasteiger partial charge in [0.25, 0.3) is 0 Å². The molecule has 0 saturated carbocycles. The molecule has 65 heavy (non-hydrogen) atoms. The maximum absolute atomic E-state index is 12.6. The van der Waals surface area contributed by atoms with Gasteiger partial charge in [-0.25, -0.2) is 0 Å². The summed E-state index contributed by atoms with van der Waals surface area (Å²) in [5, 5.41) is 33.4. The number of rotatable bonds is 56. The van der Waals surface area contributed by atoms with Crippen LogP contribution in [-0.2, 0) is 4.79 Å². The van der Waals surface area contributed by atoms with Crippen molar-refractivity contribution in [3.8, 4) is 0 Å². The van der Waals surface area contributed by atoms with Gasteiger partial charge in [-0.2, -0.15) is 0 Å². The molecule has 388 valence electrons. The van der Waals surface area contributed by atoms with Crippen LogP contribution in [0.4, 0.5) is 0 Å². The number of unbranched alkanes of at least 4 members (excludes halogenated alkanes) is 48. The van der Waals surface area contributed by atoms with E-state index in [0.29, 0.717) is 6.42 Å². The summed E-state index contributed by atoms with van der Waals surface area (Å²) in [6, 6.07) is -0.795. The Bertz CT molecular complexity index is 925. The number of allylic oxidation sites excluding steroid dienone is 1. The van der Waals surface area contributed by atoms with Crippen molar-refractivity contribution in [3.05, 3.63) is 12.2 Å². The quantitative estimate of drug-likeness (QED) is 0.0361. The van der Waals surface area contributed by atoms with E-state index in [1.54, 1.807) is 6.08 Å². The minimum absolute atomic E-state index is 0.358. The maximum Gasteiger partial charge on any atom is 0.249 e. The van der Waals surface area contributed by atoms with Gasteiger partial charge >= 0.3 is 0 Å². The fourth-order valence-corrected chi connectivity index (χ4v) is 9.72. The highest BCUT2D eigenvalue weighted by molar-refractivity contribution is 5.80. The predicted molar refractivity (Wildman–Crippen MR) is 287 cm³/mol. The number of aliphatic hydroxyl groups is 3. The zero-order chi connectivity index (χ0) is 47.2. The summed E-state index contributed by atoms with van der Waals surface area (Å²) in [5.74, 6) is -0.495. The van der Waals surface area contributed by atoms with Gasteiger partial charge in [-0.05, 0) is 19.3 Å². The largest absolute Gasteiger partial charge is 0.394 e. The SMILES string of the molecule is CCCCCCCCCCCCCCCCCCCCC/C=C/C(O)C(CO)NC(=O)C(O)CCCCCCCCCCCCCCCCCCCCCCCCCCCCCCCC. The van der Waals surface area contributed by atoms with E-state index in [9.17, 15) is 20.1 Å². The minimum Gasteiger partial charge on any atom is -0.394 e. The van der Waals surface area contributed by atoms with Gasteiger partial charge in [0.05, 0.1) is 18.8 Å². The highest BCUT2D eigenvalue weighted by Gasteiger charge is 2.22. The predicted octanol–water partition coefficient (Wildman–Crippen LogP) is 18.7. The molecule has 5 nitrogen and oxygen atoms in total. The third kappa shape index (κ3) is 50.8. The summed E-state index contributed by atoms with van der Waals surface area (Å²) in [5.41, 5.74) is 0. The van der Waals surface area contributed by atoms with Crippen molar-refractivity contribution < 1.29 is 20.1 Å². The zero-order valence-corrected chi connectivity index (χ0v) is 44.4. The molecular weight excluding hydrogens is 799 g/mol. The monoisotopic (exact) mass is 918 g/mol. The van der Waals surface area contributed by atoms with E-state index in [4.69, 9.17) is 0 Å². The number of carbonyl (C=O) groups excluding carboxylic acids is 1. The lowest BCUT2D eigenvalue weighted by molar-refractivity contribution is -0.131. The smallest absolute Gasteiger partial charge is 0.249 e. The summed E-state index contributed by atoms with van der Waals surface area (Å²) in [7, 11) is 0. The molecule has 0 aromatic carbocycles. The van der Waals surface area contributed by atoms with Crippen molar-refractivity contribution in [3.63, 3.8) is 0 Å². The van der Waals surface area contributed by atoms with Crippen molar-refractivity contribution in [1.82, 2.24) is 5.32 Å². The Morgan fingerprint density at radius 1 is 0.369 bits per heavy atom. The Morgan fingerprint density at radius 3 is 0.846 bits per heavy atom. The third-order valence-corrected chi connectivity index (χ3v) is 14.4. The van der Waals surface area contributed by atoms with Crippen LogP contribution in [0.3, 0.4) is 0 Å². The fourth-order valence-electron chi connectivity index (χ4n) is 9.72. The van der Waals surface area contributed by atoms with Crippen LogP contribution in [0.2, 0.25) is 0 Å². The second-order valence-electron chi connectivity index (χ2n) is 20.9. The number of carbonyl (C=O) groups is 1. The first kappa shape index (κ1) is 64.1. The highest BCUT2D eigenvalue weighted by Crippen LogP contribution is 2.19. The van der Waals surface area contributed by atoms with Gasteiger partial charge in [0, 0.05) is 0 Å². The van der Waals surface area contributed by atoms with E-state index in [2.05, 4.69) is 19.2 Å². The molecule has 0 rings (SSSR count). The Labute approximate surface area is 408 Å².